The lowest BCUT2D eigenvalue weighted by Crippen LogP contribution is -2.04. The molecule has 0 unspecified atom stereocenters. The predicted octanol–water partition coefficient (Wildman–Crippen LogP) is 2.88. The lowest BCUT2D eigenvalue weighted by molar-refractivity contribution is -0.384. The van der Waals surface area contributed by atoms with E-state index in [1.165, 1.54) is 6.20 Å². The molecule has 110 valence electrons. The third-order valence-electron chi connectivity index (χ3n) is 2.74. The van der Waals surface area contributed by atoms with E-state index in [-0.39, 0.29) is 11.4 Å². The van der Waals surface area contributed by atoms with Crippen molar-refractivity contribution in [3.05, 3.63) is 40.6 Å². The Morgan fingerprint density at radius 2 is 2.00 bits per heavy atom. The molecule has 0 fully saturated rings. The molecule has 7 heteroatoms. The van der Waals surface area contributed by atoms with Gasteiger partial charge in [0.25, 0.3) is 0 Å². The number of nitrogens with one attached hydrogen (secondary N) is 1. The molecule has 1 heterocycles. The van der Waals surface area contributed by atoms with Crippen molar-refractivity contribution in [2.24, 2.45) is 0 Å². The molecule has 1 aromatic carbocycles. The molecule has 0 saturated carbocycles. The maximum atomic E-state index is 11.1. The maximum absolute atomic E-state index is 11.1. The minimum absolute atomic E-state index is 0.124. The predicted molar refractivity (Wildman–Crippen MR) is 79.5 cm³/mol. The van der Waals surface area contributed by atoms with Crippen molar-refractivity contribution >= 4 is 11.6 Å². The summed E-state index contributed by atoms with van der Waals surface area (Å²) in [6.07, 6.45) is 1.22. The topological polar surface area (TPSA) is 90.2 Å². The molecule has 0 amide bonds. The average Bonchev–Trinajstić information content (AvgIpc) is 2.48. The first-order valence-corrected chi connectivity index (χ1v) is 6.64. The van der Waals surface area contributed by atoms with Gasteiger partial charge in [-0.1, -0.05) is 0 Å². The Balaban J connectivity index is 2.43. The van der Waals surface area contributed by atoms with E-state index in [0.717, 1.165) is 0 Å². The van der Waals surface area contributed by atoms with E-state index in [1.54, 1.807) is 24.3 Å². The molecule has 0 saturated heterocycles. The summed E-state index contributed by atoms with van der Waals surface area (Å²) in [5.74, 6) is 1.08. The first-order valence-electron chi connectivity index (χ1n) is 6.64. The average molecular weight is 288 g/mol. The van der Waals surface area contributed by atoms with E-state index in [4.69, 9.17) is 4.74 Å². The van der Waals surface area contributed by atoms with Crippen LogP contribution in [0, 0.1) is 10.1 Å². The van der Waals surface area contributed by atoms with Gasteiger partial charge in [0.15, 0.2) is 5.69 Å². The van der Waals surface area contributed by atoms with Crippen LogP contribution < -0.4 is 10.1 Å². The quantitative estimate of drug-likeness (QED) is 0.649. The fourth-order valence-electron chi connectivity index (χ4n) is 1.84. The van der Waals surface area contributed by atoms with Gasteiger partial charge in [-0.3, -0.25) is 10.1 Å². The highest BCUT2D eigenvalue weighted by Gasteiger charge is 2.18. The van der Waals surface area contributed by atoms with Gasteiger partial charge in [-0.05, 0) is 38.1 Å². The highest BCUT2D eigenvalue weighted by atomic mass is 16.6. The molecule has 0 atom stereocenters. The maximum Gasteiger partial charge on any atom is 0.313 e. The third-order valence-corrected chi connectivity index (χ3v) is 2.74. The highest BCUT2D eigenvalue weighted by Crippen LogP contribution is 2.29. The molecular weight excluding hydrogens is 272 g/mol. The smallest absolute Gasteiger partial charge is 0.313 e. The summed E-state index contributed by atoms with van der Waals surface area (Å²) in [5.41, 5.74) is 0.807. The van der Waals surface area contributed by atoms with Gasteiger partial charge in [0, 0.05) is 12.1 Å². The summed E-state index contributed by atoms with van der Waals surface area (Å²) < 4.78 is 5.36. The zero-order chi connectivity index (χ0) is 15.2. The molecule has 21 heavy (non-hydrogen) atoms. The Morgan fingerprint density at radius 1 is 1.29 bits per heavy atom. The van der Waals surface area contributed by atoms with E-state index in [0.29, 0.717) is 30.4 Å². The standard InChI is InChI=1S/C14H16N4O3/c1-3-15-14-16-9-12(18(19)20)13(17-14)10-5-7-11(8-6-10)21-4-2/h5-9H,3-4H2,1-2H3,(H,15,16,17). The number of anilines is 1. The Morgan fingerprint density at radius 3 is 2.57 bits per heavy atom. The van der Waals surface area contributed by atoms with Gasteiger partial charge in [0.2, 0.25) is 5.95 Å². The van der Waals surface area contributed by atoms with E-state index < -0.39 is 4.92 Å². The number of ether oxygens (including phenoxy) is 1. The number of rotatable bonds is 6. The Labute approximate surface area is 122 Å². The monoisotopic (exact) mass is 288 g/mol. The van der Waals surface area contributed by atoms with Crippen LogP contribution in [0.2, 0.25) is 0 Å². The zero-order valence-corrected chi connectivity index (χ0v) is 11.9. The molecule has 1 aromatic heterocycles. The fraction of sp³-hybridized carbons (Fsp3) is 0.286. The van der Waals surface area contributed by atoms with Gasteiger partial charge in [0.1, 0.15) is 11.9 Å². The molecule has 0 aliphatic rings. The van der Waals surface area contributed by atoms with Crippen LogP contribution in [-0.4, -0.2) is 28.0 Å². The third kappa shape index (κ3) is 3.44. The molecule has 1 N–H and O–H groups in total. The zero-order valence-electron chi connectivity index (χ0n) is 11.9. The SMILES string of the molecule is CCNc1ncc([N+](=O)[O-])c(-c2ccc(OCC)cc2)n1. The lowest BCUT2D eigenvalue weighted by atomic mass is 10.1. The molecule has 2 rings (SSSR count). The van der Waals surface area contributed by atoms with Gasteiger partial charge >= 0.3 is 5.69 Å². The Hall–Kier alpha value is -2.70. The molecule has 0 aliphatic heterocycles. The van der Waals surface area contributed by atoms with E-state index in [2.05, 4.69) is 15.3 Å². The van der Waals surface area contributed by atoms with Crippen molar-refractivity contribution in [2.45, 2.75) is 13.8 Å². The van der Waals surface area contributed by atoms with Crippen molar-refractivity contribution in [1.29, 1.82) is 0 Å². The molecule has 7 nitrogen and oxygen atoms in total. The number of aromatic nitrogens is 2. The normalized spacial score (nSPS) is 10.2. The number of hydrogen-bond acceptors (Lipinski definition) is 6. The molecule has 0 bridgehead atoms. The van der Waals surface area contributed by atoms with Gasteiger partial charge in [-0.2, -0.15) is 0 Å². The second-order valence-electron chi connectivity index (χ2n) is 4.17. The number of nitrogens with zero attached hydrogens (tertiary/aromatic N) is 3. The van der Waals surface area contributed by atoms with Gasteiger partial charge in [-0.15, -0.1) is 0 Å². The highest BCUT2D eigenvalue weighted by molar-refractivity contribution is 5.70. The fourth-order valence-corrected chi connectivity index (χ4v) is 1.84. The van der Waals surface area contributed by atoms with Crippen molar-refractivity contribution < 1.29 is 9.66 Å². The van der Waals surface area contributed by atoms with Crippen molar-refractivity contribution in [2.75, 3.05) is 18.5 Å². The summed E-state index contributed by atoms with van der Waals surface area (Å²) in [4.78, 5) is 18.8. The second kappa shape index (κ2) is 6.65. The minimum Gasteiger partial charge on any atom is -0.494 e. The largest absolute Gasteiger partial charge is 0.494 e. The van der Waals surface area contributed by atoms with Crippen LogP contribution >= 0.6 is 0 Å². The Kier molecular flexibility index (Phi) is 4.65. The molecule has 0 radical (unpaired) electrons. The molecular formula is C14H16N4O3. The molecule has 2 aromatic rings. The Bertz CT molecular complexity index is 629. The van der Waals surface area contributed by atoms with Gasteiger partial charge < -0.3 is 10.1 Å². The van der Waals surface area contributed by atoms with Crippen LogP contribution in [0.5, 0.6) is 5.75 Å². The minimum atomic E-state index is -0.485. The van der Waals surface area contributed by atoms with Gasteiger partial charge in [-0.25, -0.2) is 9.97 Å². The van der Waals surface area contributed by atoms with Crippen LogP contribution in [0.1, 0.15) is 13.8 Å². The van der Waals surface area contributed by atoms with E-state index in [9.17, 15) is 10.1 Å². The molecule has 0 spiro atoms. The second-order valence-corrected chi connectivity index (χ2v) is 4.17. The molecule has 0 aliphatic carbocycles. The summed E-state index contributed by atoms with van der Waals surface area (Å²) in [7, 11) is 0. The first kappa shape index (κ1) is 14.7. The van der Waals surface area contributed by atoms with Crippen LogP contribution in [-0.2, 0) is 0 Å². The number of hydrogen-bond donors (Lipinski definition) is 1. The lowest BCUT2D eigenvalue weighted by Gasteiger charge is -2.07. The van der Waals surface area contributed by atoms with E-state index in [1.807, 2.05) is 13.8 Å². The van der Waals surface area contributed by atoms with Crippen molar-refractivity contribution in [3.8, 4) is 17.0 Å². The summed E-state index contributed by atoms with van der Waals surface area (Å²) in [6.45, 7) is 5.01. The summed E-state index contributed by atoms with van der Waals surface area (Å²) in [5, 5.41) is 14.1. The number of benzene rings is 1. The van der Waals surface area contributed by atoms with Crippen LogP contribution in [0.3, 0.4) is 0 Å². The van der Waals surface area contributed by atoms with Crippen LogP contribution in [0.25, 0.3) is 11.3 Å². The van der Waals surface area contributed by atoms with Crippen molar-refractivity contribution in [3.63, 3.8) is 0 Å². The number of nitro groups is 1. The van der Waals surface area contributed by atoms with Crippen LogP contribution in [0.4, 0.5) is 11.6 Å². The van der Waals surface area contributed by atoms with Crippen molar-refractivity contribution in [1.82, 2.24) is 9.97 Å². The summed E-state index contributed by atoms with van der Waals surface area (Å²) >= 11 is 0. The van der Waals surface area contributed by atoms with Gasteiger partial charge in [0.05, 0.1) is 11.5 Å². The summed E-state index contributed by atoms with van der Waals surface area (Å²) in [6, 6.07) is 7.02. The first-order chi connectivity index (χ1) is 10.2. The van der Waals surface area contributed by atoms with E-state index >= 15 is 0 Å². The van der Waals surface area contributed by atoms with Crippen LogP contribution in [0.15, 0.2) is 30.5 Å².